The second-order valence-electron chi connectivity index (χ2n) is 5.24. The van der Waals surface area contributed by atoms with Crippen molar-refractivity contribution in [3.8, 4) is 11.3 Å². The lowest BCUT2D eigenvalue weighted by molar-refractivity contribution is 0.429. The molecule has 0 bridgehead atoms. The maximum atomic E-state index is 6.29. The van der Waals surface area contributed by atoms with E-state index in [-0.39, 0.29) is 0 Å². The molecule has 0 radical (unpaired) electrons. The monoisotopic (exact) mass is 350 g/mol. The summed E-state index contributed by atoms with van der Waals surface area (Å²) in [4.78, 5) is 9.27. The first kappa shape index (κ1) is 14.0. The van der Waals surface area contributed by atoms with Crippen LogP contribution in [0, 0.1) is 0 Å². The molecule has 0 atom stereocenters. The lowest BCUT2D eigenvalue weighted by atomic mass is 9.88. The minimum absolute atomic E-state index is 0.455. The fourth-order valence-electron chi connectivity index (χ4n) is 2.77. The second kappa shape index (κ2) is 6.23. The molecule has 3 rings (SSSR count). The van der Waals surface area contributed by atoms with Gasteiger partial charge in [-0.1, -0.05) is 61.2 Å². The SMILES string of the molecule is Clc1nc(C2CCCCC2)nc(-c2ccccc2)c1Br. The number of hydrogen-bond acceptors (Lipinski definition) is 2. The van der Waals surface area contributed by atoms with Gasteiger partial charge in [-0.05, 0) is 28.8 Å². The van der Waals surface area contributed by atoms with Crippen LogP contribution in [0.25, 0.3) is 11.3 Å². The summed E-state index contributed by atoms with van der Waals surface area (Å²) in [6.07, 6.45) is 6.20. The number of benzene rings is 1. The first-order valence-corrected chi connectivity index (χ1v) is 8.21. The van der Waals surface area contributed by atoms with E-state index in [1.54, 1.807) is 0 Å². The molecule has 0 saturated heterocycles. The van der Waals surface area contributed by atoms with Gasteiger partial charge in [-0.3, -0.25) is 0 Å². The predicted molar refractivity (Wildman–Crippen MR) is 86.0 cm³/mol. The Morgan fingerprint density at radius 2 is 1.70 bits per heavy atom. The van der Waals surface area contributed by atoms with Crippen LogP contribution < -0.4 is 0 Å². The van der Waals surface area contributed by atoms with Crippen LogP contribution in [0.15, 0.2) is 34.8 Å². The summed E-state index contributed by atoms with van der Waals surface area (Å²) in [5, 5.41) is 0.513. The molecule has 1 heterocycles. The molecule has 20 heavy (non-hydrogen) atoms. The molecule has 1 saturated carbocycles. The number of rotatable bonds is 2. The molecular weight excluding hydrogens is 336 g/mol. The smallest absolute Gasteiger partial charge is 0.147 e. The molecule has 0 unspecified atom stereocenters. The van der Waals surface area contributed by atoms with Crippen molar-refractivity contribution in [2.75, 3.05) is 0 Å². The summed E-state index contributed by atoms with van der Waals surface area (Å²) in [5.74, 6) is 1.36. The largest absolute Gasteiger partial charge is 0.231 e. The molecule has 1 aromatic carbocycles. The van der Waals surface area contributed by atoms with E-state index < -0.39 is 0 Å². The van der Waals surface area contributed by atoms with Crippen molar-refractivity contribution in [2.45, 2.75) is 38.0 Å². The predicted octanol–water partition coefficient (Wildman–Crippen LogP) is 5.61. The molecule has 1 aliphatic carbocycles. The Kier molecular flexibility index (Phi) is 4.37. The number of aromatic nitrogens is 2. The highest BCUT2D eigenvalue weighted by Gasteiger charge is 2.21. The van der Waals surface area contributed by atoms with E-state index >= 15 is 0 Å². The molecule has 1 aromatic heterocycles. The van der Waals surface area contributed by atoms with Gasteiger partial charge in [0.15, 0.2) is 0 Å². The van der Waals surface area contributed by atoms with Crippen LogP contribution in [0.3, 0.4) is 0 Å². The van der Waals surface area contributed by atoms with Gasteiger partial charge in [0, 0.05) is 11.5 Å². The number of halogens is 2. The van der Waals surface area contributed by atoms with E-state index in [9.17, 15) is 0 Å². The van der Waals surface area contributed by atoms with E-state index in [4.69, 9.17) is 16.6 Å². The molecular formula is C16H16BrClN2. The maximum absolute atomic E-state index is 6.29. The van der Waals surface area contributed by atoms with Gasteiger partial charge in [0.05, 0.1) is 10.2 Å². The standard InChI is InChI=1S/C16H16BrClN2/c17-13-14(11-7-3-1-4-8-11)19-16(20-15(13)18)12-9-5-2-6-10-12/h1,3-4,7-8,12H,2,5-6,9-10H2. The highest BCUT2D eigenvalue weighted by Crippen LogP contribution is 2.36. The maximum Gasteiger partial charge on any atom is 0.147 e. The van der Waals surface area contributed by atoms with Crippen molar-refractivity contribution < 1.29 is 0 Å². The minimum atomic E-state index is 0.455. The molecule has 4 heteroatoms. The topological polar surface area (TPSA) is 25.8 Å². The Labute approximate surface area is 132 Å². The van der Waals surface area contributed by atoms with Gasteiger partial charge >= 0.3 is 0 Å². The molecule has 2 aromatic rings. The van der Waals surface area contributed by atoms with Crippen molar-refractivity contribution in [2.24, 2.45) is 0 Å². The third kappa shape index (κ3) is 2.89. The lowest BCUT2D eigenvalue weighted by Crippen LogP contribution is -2.10. The van der Waals surface area contributed by atoms with Crippen molar-refractivity contribution in [1.29, 1.82) is 0 Å². The minimum Gasteiger partial charge on any atom is -0.231 e. The summed E-state index contributed by atoms with van der Waals surface area (Å²) < 4.78 is 0.782. The molecule has 2 nitrogen and oxygen atoms in total. The van der Waals surface area contributed by atoms with E-state index in [0.29, 0.717) is 11.1 Å². The summed E-state index contributed by atoms with van der Waals surface area (Å²) in [6, 6.07) is 10.1. The highest BCUT2D eigenvalue weighted by molar-refractivity contribution is 9.10. The molecule has 0 N–H and O–H groups in total. The molecule has 0 amide bonds. The molecule has 1 aliphatic rings. The van der Waals surface area contributed by atoms with Crippen molar-refractivity contribution >= 4 is 27.5 Å². The zero-order chi connectivity index (χ0) is 13.9. The average molecular weight is 352 g/mol. The Hall–Kier alpha value is -0.930. The van der Waals surface area contributed by atoms with E-state index in [1.807, 2.05) is 30.3 Å². The zero-order valence-electron chi connectivity index (χ0n) is 11.1. The quantitative estimate of drug-likeness (QED) is 0.657. The molecule has 1 fully saturated rings. The van der Waals surface area contributed by atoms with Crippen molar-refractivity contribution in [3.63, 3.8) is 0 Å². The van der Waals surface area contributed by atoms with Gasteiger partial charge in [0.25, 0.3) is 0 Å². The normalized spacial score (nSPS) is 16.3. The van der Waals surface area contributed by atoms with Gasteiger partial charge in [-0.25, -0.2) is 9.97 Å². The first-order valence-electron chi connectivity index (χ1n) is 7.04. The second-order valence-corrected chi connectivity index (χ2v) is 6.39. The van der Waals surface area contributed by atoms with Crippen LogP contribution in [0.5, 0.6) is 0 Å². The Bertz CT molecular complexity index is 595. The van der Waals surface area contributed by atoms with Gasteiger partial charge in [0.2, 0.25) is 0 Å². The highest BCUT2D eigenvalue weighted by atomic mass is 79.9. The van der Waals surface area contributed by atoms with E-state index in [1.165, 1.54) is 32.1 Å². The van der Waals surface area contributed by atoms with E-state index in [2.05, 4.69) is 20.9 Å². The van der Waals surface area contributed by atoms with Crippen molar-refractivity contribution in [3.05, 3.63) is 45.8 Å². The van der Waals surface area contributed by atoms with Crippen LogP contribution >= 0.6 is 27.5 Å². The third-order valence-electron chi connectivity index (χ3n) is 3.85. The summed E-state index contributed by atoms with van der Waals surface area (Å²) in [6.45, 7) is 0. The summed E-state index contributed by atoms with van der Waals surface area (Å²) >= 11 is 9.81. The first-order chi connectivity index (χ1) is 9.75. The van der Waals surface area contributed by atoms with Crippen LogP contribution in [-0.4, -0.2) is 9.97 Å². The Morgan fingerprint density at radius 3 is 2.40 bits per heavy atom. The van der Waals surface area contributed by atoms with Crippen LogP contribution in [0.2, 0.25) is 5.15 Å². The Balaban J connectivity index is 2.03. The van der Waals surface area contributed by atoms with Gasteiger partial charge in [0.1, 0.15) is 11.0 Å². The van der Waals surface area contributed by atoms with Gasteiger partial charge in [-0.2, -0.15) is 0 Å². The van der Waals surface area contributed by atoms with Gasteiger partial charge < -0.3 is 0 Å². The van der Waals surface area contributed by atoms with Crippen LogP contribution in [-0.2, 0) is 0 Å². The fourth-order valence-corrected chi connectivity index (χ4v) is 3.35. The third-order valence-corrected chi connectivity index (χ3v) is 5.10. The summed E-state index contributed by atoms with van der Waals surface area (Å²) in [7, 11) is 0. The zero-order valence-corrected chi connectivity index (χ0v) is 13.5. The Morgan fingerprint density at radius 1 is 1.00 bits per heavy atom. The molecule has 0 spiro atoms. The summed E-state index contributed by atoms with van der Waals surface area (Å²) in [5.41, 5.74) is 1.96. The van der Waals surface area contributed by atoms with Crippen LogP contribution in [0.1, 0.15) is 43.8 Å². The fraction of sp³-hybridized carbons (Fsp3) is 0.375. The number of hydrogen-bond donors (Lipinski definition) is 0. The van der Waals surface area contributed by atoms with E-state index in [0.717, 1.165) is 21.6 Å². The van der Waals surface area contributed by atoms with Crippen LogP contribution in [0.4, 0.5) is 0 Å². The average Bonchev–Trinajstić information content (AvgIpc) is 2.51. The molecule has 104 valence electrons. The van der Waals surface area contributed by atoms with Crippen molar-refractivity contribution in [1.82, 2.24) is 9.97 Å². The molecule has 0 aliphatic heterocycles. The van der Waals surface area contributed by atoms with Gasteiger partial charge in [-0.15, -0.1) is 0 Å². The number of nitrogens with zero attached hydrogens (tertiary/aromatic N) is 2. The lowest BCUT2D eigenvalue weighted by Gasteiger charge is -2.21.